The predicted octanol–water partition coefficient (Wildman–Crippen LogP) is 2.28. The van der Waals surface area contributed by atoms with Crippen LogP contribution in [0.1, 0.15) is 46.0 Å². The molecule has 1 aliphatic rings. The van der Waals surface area contributed by atoms with Crippen molar-refractivity contribution in [1.82, 2.24) is 10.2 Å². The van der Waals surface area contributed by atoms with Gasteiger partial charge in [0.1, 0.15) is 0 Å². The molecular weight excluding hydrogens is 252 g/mol. The fraction of sp³-hybridized carbons (Fsp3) is 1.00. The van der Waals surface area contributed by atoms with E-state index >= 15 is 0 Å². The zero-order valence-electron chi connectivity index (χ0n) is 13.9. The Kier molecular flexibility index (Phi) is 9.44. The number of hydrogen-bond donors (Lipinski definition) is 1. The average molecular weight is 286 g/mol. The van der Waals surface area contributed by atoms with Gasteiger partial charge in [0.15, 0.2) is 0 Å². The number of nitrogens with one attached hydrogen (secondary N) is 1. The minimum absolute atomic E-state index is 0.444. The van der Waals surface area contributed by atoms with Gasteiger partial charge in [-0.05, 0) is 26.3 Å². The molecule has 0 radical (unpaired) electrons. The maximum Gasteiger partial charge on any atom is 0.0615 e. The monoisotopic (exact) mass is 286 g/mol. The average Bonchev–Trinajstić information content (AvgIpc) is 2.66. The van der Waals surface area contributed by atoms with Crippen LogP contribution in [-0.2, 0) is 9.47 Å². The minimum Gasteiger partial charge on any atom is -0.383 e. The Labute approximate surface area is 125 Å². The number of methoxy groups -OCH3 is 2. The second-order valence-electron chi connectivity index (χ2n) is 5.90. The quantitative estimate of drug-likeness (QED) is 0.659. The number of likely N-dealkylation sites (N-methyl/N-ethyl adjacent to an activating group) is 1. The van der Waals surface area contributed by atoms with E-state index < -0.39 is 0 Å². The SMILES string of the molecule is CCNC1CCCCCC1N(CCOC)C(C)COC. The van der Waals surface area contributed by atoms with Crippen molar-refractivity contribution >= 4 is 0 Å². The lowest BCUT2D eigenvalue weighted by Crippen LogP contribution is -2.54. The van der Waals surface area contributed by atoms with Crippen LogP contribution < -0.4 is 5.32 Å². The van der Waals surface area contributed by atoms with E-state index in [0.717, 1.165) is 26.3 Å². The summed E-state index contributed by atoms with van der Waals surface area (Å²) in [6.45, 7) is 8.11. The Hall–Kier alpha value is -0.160. The van der Waals surface area contributed by atoms with Crippen LogP contribution in [-0.4, -0.2) is 63.5 Å². The molecule has 1 N–H and O–H groups in total. The molecule has 0 aliphatic heterocycles. The Bertz CT molecular complexity index is 239. The lowest BCUT2D eigenvalue weighted by Gasteiger charge is -2.40. The van der Waals surface area contributed by atoms with E-state index in [0.29, 0.717) is 18.1 Å². The van der Waals surface area contributed by atoms with Gasteiger partial charge >= 0.3 is 0 Å². The largest absolute Gasteiger partial charge is 0.383 e. The molecule has 0 aromatic rings. The second-order valence-corrected chi connectivity index (χ2v) is 5.90. The number of nitrogens with zero attached hydrogens (tertiary/aromatic N) is 1. The molecule has 4 heteroatoms. The molecule has 4 nitrogen and oxygen atoms in total. The standard InChI is InChI=1S/C16H34N2O2/c1-5-17-15-9-7-6-8-10-16(15)18(11-12-19-3)14(2)13-20-4/h14-17H,5-13H2,1-4H3. The summed E-state index contributed by atoms with van der Waals surface area (Å²) in [5, 5.41) is 3.71. The Balaban J connectivity index is 2.75. The molecule has 3 atom stereocenters. The van der Waals surface area contributed by atoms with E-state index in [9.17, 15) is 0 Å². The topological polar surface area (TPSA) is 33.7 Å². The lowest BCUT2D eigenvalue weighted by molar-refractivity contribution is 0.0323. The van der Waals surface area contributed by atoms with Crippen LogP contribution in [0.25, 0.3) is 0 Å². The second kappa shape index (κ2) is 10.6. The van der Waals surface area contributed by atoms with Gasteiger partial charge in [0, 0.05) is 38.9 Å². The molecule has 1 rings (SSSR count). The fourth-order valence-electron chi connectivity index (χ4n) is 3.43. The summed E-state index contributed by atoms with van der Waals surface area (Å²) >= 11 is 0. The Morgan fingerprint density at radius 2 is 1.90 bits per heavy atom. The van der Waals surface area contributed by atoms with Crippen LogP contribution >= 0.6 is 0 Å². The van der Waals surface area contributed by atoms with Gasteiger partial charge in [-0.25, -0.2) is 0 Å². The number of hydrogen-bond acceptors (Lipinski definition) is 4. The van der Waals surface area contributed by atoms with E-state index in [-0.39, 0.29) is 0 Å². The van der Waals surface area contributed by atoms with Crippen molar-refractivity contribution in [2.45, 2.75) is 64.1 Å². The summed E-state index contributed by atoms with van der Waals surface area (Å²) < 4.78 is 10.7. The highest BCUT2D eigenvalue weighted by atomic mass is 16.5. The molecule has 0 spiro atoms. The Morgan fingerprint density at radius 3 is 2.55 bits per heavy atom. The van der Waals surface area contributed by atoms with Gasteiger partial charge in [-0.1, -0.05) is 26.2 Å². The maximum absolute atomic E-state index is 5.38. The molecule has 120 valence electrons. The summed E-state index contributed by atoms with van der Waals surface area (Å²) in [6, 6.07) is 1.66. The van der Waals surface area contributed by atoms with Gasteiger partial charge < -0.3 is 14.8 Å². The fourth-order valence-corrected chi connectivity index (χ4v) is 3.43. The van der Waals surface area contributed by atoms with E-state index in [1.807, 2.05) is 0 Å². The van der Waals surface area contributed by atoms with Crippen molar-refractivity contribution in [3.8, 4) is 0 Å². The van der Waals surface area contributed by atoms with Crippen LogP contribution in [0, 0.1) is 0 Å². The molecule has 0 amide bonds. The van der Waals surface area contributed by atoms with Gasteiger partial charge in [0.2, 0.25) is 0 Å². The van der Waals surface area contributed by atoms with Crippen LogP contribution in [0.2, 0.25) is 0 Å². The summed E-state index contributed by atoms with van der Waals surface area (Å²) in [4.78, 5) is 2.60. The summed E-state index contributed by atoms with van der Waals surface area (Å²) in [5.41, 5.74) is 0. The molecule has 0 heterocycles. The van der Waals surface area contributed by atoms with Crippen molar-refractivity contribution in [1.29, 1.82) is 0 Å². The van der Waals surface area contributed by atoms with Crippen molar-refractivity contribution in [3.63, 3.8) is 0 Å². The molecular formula is C16H34N2O2. The van der Waals surface area contributed by atoms with E-state index in [2.05, 4.69) is 24.1 Å². The summed E-state index contributed by atoms with van der Waals surface area (Å²) in [6.07, 6.45) is 6.65. The molecule has 1 fully saturated rings. The third kappa shape index (κ3) is 5.68. The first-order chi connectivity index (χ1) is 9.74. The smallest absolute Gasteiger partial charge is 0.0615 e. The molecule has 0 aromatic heterocycles. The lowest BCUT2D eigenvalue weighted by atomic mass is 9.99. The third-order valence-electron chi connectivity index (χ3n) is 4.40. The zero-order chi connectivity index (χ0) is 14.8. The van der Waals surface area contributed by atoms with Crippen LogP contribution in [0.4, 0.5) is 0 Å². The summed E-state index contributed by atoms with van der Waals surface area (Å²) in [5.74, 6) is 0. The molecule has 20 heavy (non-hydrogen) atoms. The minimum atomic E-state index is 0.444. The number of ether oxygens (including phenoxy) is 2. The van der Waals surface area contributed by atoms with Crippen molar-refractivity contribution in [2.24, 2.45) is 0 Å². The number of rotatable bonds is 9. The van der Waals surface area contributed by atoms with Crippen LogP contribution in [0.3, 0.4) is 0 Å². The van der Waals surface area contributed by atoms with Crippen LogP contribution in [0.5, 0.6) is 0 Å². The first-order valence-electron chi connectivity index (χ1n) is 8.21. The summed E-state index contributed by atoms with van der Waals surface area (Å²) in [7, 11) is 3.58. The molecule has 0 aromatic carbocycles. The normalized spacial score (nSPS) is 25.6. The first kappa shape index (κ1) is 17.9. The van der Waals surface area contributed by atoms with Gasteiger partial charge in [-0.3, -0.25) is 4.90 Å². The highest BCUT2D eigenvalue weighted by molar-refractivity contribution is 4.89. The van der Waals surface area contributed by atoms with E-state index in [1.54, 1.807) is 14.2 Å². The molecule has 3 unspecified atom stereocenters. The third-order valence-corrected chi connectivity index (χ3v) is 4.40. The van der Waals surface area contributed by atoms with Crippen molar-refractivity contribution in [3.05, 3.63) is 0 Å². The van der Waals surface area contributed by atoms with E-state index in [4.69, 9.17) is 9.47 Å². The highest BCUT2D eigenvalue weighted by Crippen LogP contribution is 2.24. The highest BCUT2D eigenvalue weighted by Gasteiger charge is 2.30. The molecule has 1 saturated carbocycles. The van der Waals surface area contributed by atoms with Crippen molar-refractivity contribution < 1.29 is 9.47 Å². The molecule has 0 bridgehead atoms. The van der Waals surface area contributed by atoms with Gasteiger partial charge in [0.05, 0.1) is 13.2 Å². The van der Waals surface area contributed by atoms with Crippen molar-refractivity contribution in [2.75, 3.05) is 40.5 Å². The first-order valence-corrected chi connectivity index (χ1v) is 8.21. The zero-order valence-corrected chi connectivity index (χ0v) is 13.9. The molecule has 1 aliphatic carbocycles. The van der Waals surface area contributed by atoms with Gasteiger partial charge in [-0.15, -0.1) is 0 Å². The maximum atomic E-state index is 5.38. The van der Waals surface area contributed by atoms with Gasteiger partial charge in [0.25, 0.3) is 0 Å². The van der Waals surface area contributed by atoms with Gasteiger partial charge in [-0.2, -0.15) is 0 Å². The predicted molar refractivity (Wildman–Crippen MR) is 84.3 cm³/mol. The molecule has 0 saturated heterocycles. The van der Waals surface area contributed by atoms with Crippen LogP contribution in [0.15, 0.2) is 0 Å². The van der Waals surface area contributed by atoms with E-state index in [1.165, 1.54) is 32.1 Å². The Morgan fingerprint density at radius 1 is 1.15 bits per heavy atom.